The first-order chi connectivity index (χ1) is 11.6. The minimum absolute atomic E-state index is 0.0247. The first-order valence-electron chi connectivity index (χ1n) is 9.15. The number of hydrogen-bond donors (Lipinski definition) is 2. The number of carbonyl (C=O) groups is 1. The predicted molar refractivity (Wildman–Crippen MR) is 94.3 cm³/mol. The lowest BCUT2D eigenvalue weighted by Gasteiger charge is -2.22. The number of ether oxygens (including phenoxy) is 1. The Labute approximate surface area is 144 Å². The van der Waals surface area contributed by atoms with Gasteiger partial charge in [0.2, 0.25) is 0 Å². The number of allylic oxidation sites excluding steroid dienone is 3. The molecule has 0 bridgehead atoms. The molecule has 1 heterocycles. The van der Waals surface area contributed by atoms with Crippen LogP contribution < -0.4 is 0 Å². The summed E-state index contributed by atoms with van der Waals surface area (Å²) in [5, 5.41) is 20.1. The van der Waals surface area contributed by atoms with Crippen molar-refractivity contribution >= 4 is 5.97 Å². The van der Waals surface area contributed by atoms with Crippen LogP contribution in [0.2, 0.25) is 0 Å². The maximum absolute atomic E-state index is 11.3. The van der Waals surface area contributed by atoms with Gasteiger partial charge < -0.3 is 14.9 Å². The fourth-order valence-corrected chi connectivity index (χ4v) is 3.23. The van der Waals surface area contributed by atoms with Crippen LogP contribution in [0.1, 0.15) is 51.9 Å². The molecule has 1 saturated heterocycles. The zero-order valence-corrected chi connectivity index (χ0v) is 14.5. The van der Waals surface area contributed by atoms with Gasteiger partial charge in [0.05, 0.1) is 12.2 Å². The molecular weight excluding hydrogens is 304 g/mol. The van der Waals surface area contributed by atoms with E-state index in [0.29, 0.717) is 12.8 Å². The summed E-state index contributed by atoms with van der Waals surface area (Å²) in [7, 11) is 0. The monoisotopic (exact) mass is 334 g/mol. The van der Waals surface area contributed by atoms with Gasteiger partial charge in [0.15, 0.2) is 0 Å². The van der Waals surface area contributed by atoms with E-state index in [1.165, 1.54) is 0 Å². The van der Waals surface area contributed by atoms with Crippen LogP contribution >= 0.6 is 0 Å². The SMILES string of the molecule is CC/C=C\C/C=C\C[C@H](O)/C=C/[C@@H](O)[C@H]1C[C@@H]1[C@H]1CCCC(=O)O1. The topological polar surface area (TPSA) is 66.8 Å². The fourth-order valence-electron chi connectivity index (χ4n) is 3.23. The van der Waals surface area contributed by atoms with Crippen molar-refractivity contribution in [3.8, 4) is 0 Å². The third-order valence-corrected chi connectivity index (χ3v) is 4.71. The lowest BCUT2D eigenvalue weighted by Crippen LogP contribution is -2.27. The third-order valence-electron chi connectivity index (χ3n) is 4.71. The second kappa shape index (κ2) is 9.80. The van der Waals surface area contributed by atoms with E-state index in [2.05, 4.69) is 19.1 Å². The van der Waals surface area contributed by atoms with Crippen LogP contribution in [-0.2, 0) is 9.53 Å². The highest BCUT2D eigenvalue weighted by atomic mass is 16.5. The molecule has 2 rings (SSSR count). The summed E-state index contributed by atoms with van der Waals surface area (Å²) in [5.74, 6) is 0.313. The molecule has 1 aliphatic heterocycles. The second-order valence-electron chi connectivity index (χ2n) is 6.75. The van der Waals surface area contributed by atoms with Crippen molar-refractivity contribution < 1.29 is 19.7 Å². The van der Waals surface area contributed by atoms with E-state index >= 15 is 0 Å². The summed E-state index contributed by atoms with van der Waals surface area (Å²) < 4.78 is 5.37. The van der Waals surface area contributed by atoms with Gasteiger partial charge in [0, 0.05) is 12.3 Å². The summed E-state index contributed by atoms with van der Waals surface area (Å²) in [6.45, 7) is 2.10. The summed E-state index contributed by atoms with van der Waals surface area (Å²) in [6.07, 6.45) is 16.1. The Balaban J connectivity index is 1.66. The van der Waals surface area contributed by atoms with E-state index in [1.54, 1.807) is 12.2 Å². The standard InChI is InChI=1S/C20H30O4/c1-2-3-4-5-6-7-9-15(21)12-13-18(22)16-14-17(16)19-10-8-11-20(23)24-19/h3-4,6-7,12-13,15-19,21-22H,2,5,8-11,14H2,1H3/b4-3-,7-6-,13-12+/t15-,16-,17-,18+,19+/m0/s1. The van der Waals surface area contributed by atoms with Gasteiger partial charge in [-0.05, 0) is 44.4 Å². The first kappa shape index (κ1) is 18.9. The van der Waals surface area contributed by atoms with Crippen LogP contribution in [-0.4, -0.2) is 34.5 Å². The molecular formula is C20H30O4. The normalized spacial score (nSPS) is 30.1. The van der Waals surface area contributed by atoms with Gasteiger partial charge in [-0.3, -0.25) is 4.79 Å². The van der Waals surface area contributed by atoms with Crippen molar-refractivity contribution in [3.05, 3.63) is 36.5 Å². The molecule has 134 valence electrons. The van der Waals surface area contributed by atoms with Gasteiger partial charge in [-0.15, -0.1) is 0 Å². The summed E-state index contributed by atoms with van der Waals surface area (Å²) in [4.78, 5) is 11.3. The Kier molecular flexibility index (Phi) is 7.73. The van der Waals surface area contributed by atoms with Crippen LogP contribution in [0.5, 0.6) is 0 Å². The fraction of sp³-hybridized carbons (Fsp3) is 0.650. The van der Waals surface area contributed by atoms with Crippen molar-refractivity contribution in [2.24, 2.45) is 11.8 Å². The first-order valence-corrected chi connectivity index (χ1v) is 9.15. The molecule has 2 N–H and O–H groups in total. The number of cyclic esters (lactones) is 1. The number of rotatable bonds is 9. The highest BCUT2D eigenvalue weighted by Gasteiger charge is 2.48. The van der Waals surface area contributed by atoms with E-state index in [1.807, 2.05) is 12.2 Å². The van der Waals surface area contributed by atoms with Gasteiger partial charge >= 0.3 is 5.97 Å². The molecule has 4 nitrogen and oxygen atoms in total. The zero-order chi connectivity index (χ0) is 17.4. The van der Waals surface area contributed by atoms with Crippen LogP contribution in [0.3, 0.4) is 0 Å². The molecule has 2 aliphatic rings. The number of aliphatic hydroxyl groups excluding tert-OH is 2. The van der Waals surface area contributed by atoms with E-state index < -0.39 is 12.2 Å². The Morgan fingerprint density at radius 1 is 1.21 bits per heavy atom. The van der Waals surface area contributed by atoms with Gasteiger partial charge in [-0.2, -0.15) is 0 Å². The van der Waals surface area contributed by atoms with E-state index in [9.17, 15) is 15.0 Å². The van der Waals surface area contributed by atoms with Crippen molar-refractivity contribution in [2.75, 3.05) is 0 Å². The van der Waals surface area contributed by atoms with Crippen LogP contribution in [0.25, 0.3) is 0 Å². The summed E-state index contributed by atoms with van der Waals surface area (Å²) in [5.41, 5.74) is 0. The van der Waals surface area contributed by atoms with Crippen molar-refractivity contribution in [3.63, 3.8) is 0 Å². The summed E-state index contributed by atoms with van der Waals surface area (Å²) >= 11 is 0. The average molecular weight is 334 g/mol. The third kappa shape index (κ3) is 6.25. The minimum Gasteiger partial charge on any atom is -0.462 e. The van der Waals surface area contributed by atoms with E-state index in [4.69, 9.17) is 4.74 Å². The predicted octanol–water partition coefficient (Wildman–Crippen LogP) is 3.30. The zero-order valence-electron chi connectivity index (χ0n) is 14.5. The Bertz CT molecular complexity index is 480. The van der Waals surface area contributed by atoms with Gasteiger partial charge in [-0.25, -0.2) is 0 Å². The van der Waals surface area contributed by atoms with Gasteiger partial charge in [0.25, 0.3) is 0 Å². The van der Waals surface area contributed by atoms with Gasteiger partial charge in [0.1, 0.15) is 6.10 Å². The minimum atomic E-state index is -0.573. The molecule has 24 heavy (non-hydrogen) atoms. The van der Waals surface area contributed by atoms with Crippen molar-refractivity contribution in [2.45, 2.75) is 70.2 Å². The molecule has 0 aromatic heterocycles. The second-order valence-corrected chi connectivity index (χ2v) is 6.75. The number of carbonyl (C=O) groups excluding carboxylic acids is 1. The molecule has 0 radical (unpaired) electrons. The molecule has 0 unspecified atom stereocenters. The van der Waals surface area contributed by atoms with Gasteiger partial charge in [-0.1, -0.05) is 43.4 Å². The molecule has 0 aromatic carbocycles. The summed E-state index contributed by atoms with van der Waals surface area (Å²) in [6, 6.07) is 0. The quantitative estimate of drug-likeness (QED) is 0.501. The highest BCUT2D eigenvalue weighted by molar-refractivity contribution is 5.70. The number of aliphatic hydroxyl groups is 2. The lowest BCUT2D eigenvalue weighted by molar-refractivity contribution is -0.155. The smallest absolute Gasteiger partial charge is 0.306 e. The van der Waals surface area contributed by atoms with Crippen molar-refractivity contribution in [1.82, 2.24) is 0 Å². The molecule has 5 atom stereocenters. The Hall–Kier alpha value is -1.39. The van der Waals surface area contributed by atoms with Crippen LogP contribution in [0, 0.1) is 11.8 Å². The molecule has 0 aromatic rings. The highest BCUT2D eigenvalue weighted by Crippen LogP contribution is 2.47. The molecule has 1 aliphatic carbocycles. The lowest BCUT2D eigenvalue weighted by atomic mass is 10.0. The molecule has 0 spiro atoms. The maximum Gasteiger partial charge on any atom is 0.306 e. The average Bonchev–Trinajstić information content (AvgIpc) is 3.36. The van der Waals surface area contributed by atoms with E-state index in [0.717, 1.165) is 32.1 Å². The van der Waals surface area contributed by atoms with E-state index in [-0.39, 0.29) is 23.9 Å². The Morgan fingerprint density at radius 2 is 2.00 bits per heavy atom. The van der Waals surface area contributed by atoms with Crippen LogP contribution in [0.4, 0.5) is 0 Å². The van der Waals surface area contributed by atoms with Crippen molar-refractivity contribution in [1.29, 1.82) is 0 Å². The number of hydrogen-bond acceptors (Lipinski definition) is 4. The largest absolute Gasteiger partial charge is 0.462 e. The molecule has 4 heteroatoms. The molecule has 2 fully saturated rings. The van der Waals surface area contributed by atoms with Crippen LogP contribution in [0.15, 0.2) is 36.5 Å². The molecule has 0 amide bonds. The Morgan fingerprint density at radius 3 is 2.75 bits per heavy atom. The molecule has 1 saturated carbocycles. The maximum atomic E-state index is 11.3. The number of esters is 1.